The molecule has 1 aliphatic carbocycles. The van der Waals surface area contributed by atoms with E-state index in [2.05, 4.69) is 22.0 Å². The fourth-order valence-corrected chi connectivity index (χ4v) is 8.03. The molecule has 0 bridgehead atoms. The number of carbonyl (C=O) groups is 2. The molecule has 204 valence electrons. The van der Waals surface area contributed by atoms with Crippen LogP contribution in [0.2, 0.25) is 10.0 Å². The van der Waals surface area contributed by atoms with Crippen molar-refractivity contribution < 1.29 is 14.7 Å². The second-order valence-electron chi connectivity index (χ2n) is 12.1. The summed E-state index contributed by atoms with van der Waals surface area (Å²) < 4.78 is 0.969. The first kappa shape index (κ1) is 27.7. The summed E-state index contributed by atoms with van der Waals surface area (Å²) in [7, 11) is 0. The number of fused-ring (bicyclic) bond motifs is 2. The summed E-state index contributed by atoms with van der Waals surface area (Å²) in [5, 5.41) is 10.9. The van der Waals surface area contributed by atoms with E-state index in [-0.39, 0.29) is 29.2 Å². The Morgan fingerprint density at radius 3 is 2.45 bits per heavy atom. The van der Waals surface area contributed by atoms with Crippen LogP contribution in [-0.4, -0.2) is 57.6 Å². The molecule has 2 saturated heterocycles. The van der Waals surface area contributed by atoms with Crippen LogP contribution in [0, 0.1) is 17.3 Å². The van der Waals surface area contributed by atoms with E-state index in [9.17, 15) is 14.7 Å². The Hall–Kier alpha value is -1.83. The minimum Gasteiger partial charge on any atom is -0.465 e. The molecule has 9 heteroatoms. The Bertz CT molecular complexity index is 1260. The lowest BCUT2D eigenvalue weighted by atomic mass is 9.71. The van der Waals surface area contributed by atoms with Gasteiger partial charge in [-0.1, -0.05) is 44.0 Å². The molecule has 0 saturated carbocycles. The molecule has 2 aliphatic heterocycles. The number of pyridine rings is 1. The second kappa shape index (κ2) is 10.6. The zero-order chi connectivity index (χ0) is 27.4. The molecule has 38 heavy (non-hydrogen) atoms. The van der Waals surface area contributed by atoms with Crippen molar-refractivity contribution in [3.63, 3.8) is 0 Å². The van der Waals surface area contributed by atoms with Crippen LogP contribution < -0.4 is 0 Å². The van der Waals surface area contributed by atoms with E-state index in [4.69, 9.17) is 28.2 Å². The average Bonchev–Trinajstić information content (AvgIpc) is 2.97. The molecule has 0 radical (unpaired) electrons. The largest absolute Gasteiger partial charge is 0.465 e. The van der Waals surface area contributed by atoms with Gasteiger partial charge in [0.1, 0.15) is 0 Å². The SMILES string of the molecule is CC(C)(C)C1C(CC(=O)N2CCC(C3c4ncc(Br)cc4CCc4cc(Cl)cc(Cl)c43)CC2)CN1C(=O)O. The van der Waals surface area contributed by atoms with Crippen LogP contribution in [0.15, 0.2) is 28.9 Å². The number of benzene rings is 1. The van der Waals surface area contributed by atoms with Crippen molar-refractivity contribution in [1.82, 2.24) is 14.8 Å². The Labute approximate surface area is 242 Å². The average molecular weight is 623 g/mol. The van der Waals surface area contributed by atoms with E-state index < -0.39 is 6.09 Å². The summed E-state index contributed by atoms with van der Waals surface area (Å²) in [5.74, 6) is 0.540. The Morgan fingerprint density at radius 2 is 1.79 bits per heavy atom. The van der Waals surface area contributed by atoms with E-state index >= 15 is 0 Å². The van der Waals surface area contributed by atoms with Gasteiger partial charge in [0, 0.05) is 64.6 Å². The first-order valence-electron chi connectivity index (χ1n) is 13.3. The number of piperidine rings is 1. The van der Waals surface area contributed by atoms with Gasteiger partial charge in [-0.2, -0.15) is 0 Å². The number of rotatable bonds is 3. The fraction of sp³-hybridized carbons (Fsp3) is 0.552. The molecule has 6 nitrogen and oxygen atoms in total. The van der Waals surface area contributed by atoms with Crippen molar-refractivity contribution >= 4 is 51.1 Å². The number of hydrogen-bond acceptors (Lipinski definition) is 3. The lowest BCUT2D eigenvalue weighted by molar-refractivity contribution is -0.137. The van der Waals surface area contributed by atoms with E-state index in [1.807, 2.05) is 44.0 Å². The van der Waals surface area contributed by atoms with Crippen molar-refractivity contribution in [3.8, 4) is 0 Å². The molecule has 2 amide bonds. The van der Waals surface area contributed by atoms with E-state index in [0.29, 0.717) is 42.0 Å². The van der Waals surface area contributed by atoms with Gasteiger partial charge >= 0.3 is 6.09 Å². The maximum absolute atomic E-state index is 13.3. The molecular formula is C29H34BrCl2N3O3. The first-order chi connectivity index (χ1) is 17.9. The van der Waals surface area contributed by atoms with Gasteiger partial charge in [-0.05, 0) is 87.8 Å². The Morgan fingerprint density at radius 1 is 1.11 bits per heavy atom. The first-order valence-corrected chi connectivity index (χ1v) is 14.9. The van der Waals surface area contributed by atoms with Gasteiger partial charge in [-0.25, -0.2) is 4.79 Å². The molecular weight excluding hydrogens is 589 g/mol. The molecule has 3 atom stereocenters. The highest BCUT2D eigenvalue weighted by molar-refractivity contribution is 9.10. The van der Waals surface area contributed by atoms with Crippen LogP contribution >= 0.6 is 39.1 Å². The Balaban J connectivity index is 1.33. The van der Waals surface area contributed by atoms with E-state index in [1.54, 1.807) is 0 Å². The van der Waals surface area contributed by atoms with Crippen molar-refractivity contribution in [3.05, 3.63) is 61.3 Å². The van der Waals surface area contributed by atoms with Crippen LogP contribution in [0.25, 0.3) is 0 Å². The van der Waals surface area contributed by atoms with E-state index in [0.717, 1.165) is 41.4 Å². The third-order valence-corrected chi connectivity index (χ3v) is 9.53. The minimum atomic E-state index is -0.904. The number of hydrogen-bond donors (Lipinski definition) is 1. The van der Waals surface area contributed by atoms with Gasteiger partial charge in [0.05, 0.1) is 5.69 Å². The van der Waals surface area contributed by atoms with Crippen LogP contribution in [0.5, 0.6) is 0 Å². The fourth-order valence-electron chi connectivity index (χ4n) is 7.00. The van der Waals surface area contributed by atoms with Gasteiger partial charge < -0.3 is 14.9 Å². The van der Waals surface area contributed by atoms with Crippen molar-refractivity contribution in [2.24, 2.45) is 17.3 Å². The summed E-state index contributed by atoms with van der Waals surface area (Å²) in [6.45, 7) is 7.93. The molecule has 2 fully saturated rings. The number of aryl methyl sites for hydroxylation is 2. The molecule has 0 spiro atoms. The molecule has 3 unspecified atom stereocenters. The van der Waals surface area contributed by atoms with E-state index in [1.165, 1.54) is 16.0 Å². The predicted octanol–water partition coefficient (Wildman–Crippen LogP) is 7.03. The number of halogens is 3. The van der Waals surface area contributed by atoms with Crippen LogP contribution in [0.4, 0.5) is 4.79 Å². The zero-order valence-electron chi connectivity index (χ0n) is 22.0. The normalized spacial score (nSPS) is 23.8. The molecule has 2 aromatic rings. The lowest BCUT2D eigenvalue weighted by Gasteiger charge is -2.53. The number of carbonyl (C=O) groups excluding carboxylic acids is 1. The highest BCUT2D eigenvalue weighted by atomic mass is 79.9. The summed E-state index contributed by atoms with van der Waals surface area (Å²) in [6, 6.07) is 5.90. The number of amides is 2. The number of likely N-dealkylation sites (tertiary alicyclic amines) is 2. The van der Waals surface area contributed by atoms with Crippen molar-refractivity contribution in [1.29, 1.82) is 0 Å². The van der Waals surface area contributed by atoms with Crippen LogP contribution in [-0.2, 0) is 17.6 Å². The van der Waals surface area contributed by atoms with Crippen molar-refractivity contribution in [2.45, 2.75) is 64.8 Å². The molecule has 5 rings (SSSR count). The Kier molecular flexibility index (Phi) is 7.75. The van der Waals surface area contributed by atoms with Crippen LogP contribution in [0.1, 0.15) is 68.3 Å². The highest BCUT2D eigenvalue weighted by Crippen LogP contribution is 2.46. The molecule has 3 heterocycles. The van der Waals surface area contributed by atoms with Gasteiger partial charge in [0.2, 0.25) is 5.91 Å². The van der Waals surface area contributed by atoms with Crippen LogP contribution in [0.3, 0.4) is 0 Å². The number of carboxylic acid groups (broad SMARTS) is 1. The number of nitrogens with zero attached hydrogens (tertiary/aromatic N) is 3. The summed E-state index contributed by atoms with van der Waals surface area (Å²) in [5.41, 5.74) is 4.41. The monoisotopic (exact) mass is 621 g/mol. The summed E-state index contributed by atoms with van der Waals surface area (Å²) in [6.07, 6.45) is 4.82. The quantitative estimate of drug-likeness (QED) is 0.399. The number of aromatic nitrogens is 1. The second-order valence-corrected chi connectivity index (χ2v) is 13.8. The summed E-state index contributed by atoms with van der Waals surface area (Å²) >= 11 is 16.8. The third kappa shape index (κ3) is 5.31. The van der Waals surface area contributed by atoms with Gasteiger partial charge in [-0.15, -0.1) is 0 Å². The minimum absolute atomic E-state index is 0.0543. The molecule has 1 N–H and O–H groups in total. The van der Waals surface area contributed by atoms with Gasteiger partial charge in [0.15, 0.2) is 0 Å². The molecule has 3 aliphatic rings. The zero-order valence-corrected chi connectivity index (χ0v) is 25.1. The van der Waals surface area contributed by atoms with Gasteiger partial charge in [0.25, 0.3) is 0 Å². The maximum atomic E-state index is 13.3. The molecule has 1 aromatic carbocycles. The highest BCUT2D eigenvalue weighted by Gasteiger charge is 2.49. The van der Waals surface area contributed by atoms with Gasteiger partial charge in [-0.3, -0.25) is 9.78 Å². The standard InChI is InChI=1S/C29H34BrCl2N3O3/c1-29(2,3)27-19(15-35(27)28(37)38)12-23(36)34-8-6-16(7-9-34)25-24-17(11-21(31)13-22(24)32)4-5-18-10-20(30)14-33-26(18)25/h10-11,13-14,16,19,25,27H,4-9,12,15H2,1-3H3,(H,37,38). The predicted molar refractivity (Wildman–Crippen MR) is 153 cm³/mol. The third-order valence-electron chi connectivity index (χ3n) is 8.56. The smallest absolute Gasteiger partial charge is 0.407 e. The molecule has 1 aromatic heterocycles. The summed E-state index contributed by atoms with van der Waals surface area (Å²) in [4.78, 5) is 33.3. The van der Waals surface area contributed by atoms with Crippen molar-refractivity contribution in [2.75, 3.05) is 19.6 Å². The topological polar surface area (TPSA) is 73.7 Å². The maximum Gasteiger partial charge on any atom is 0.407 e. The lowest BCUT2D eigenvalue weighted by Crippen LogP contribution is -2.64.